The highest BCUT2D eigenvalue weighted by molar-refractivity contribution is 6.33. The smallest absolute Gasteiger partial charge is 0.0741 e. The standard InChI is InChI=1S/C16H25ClN2O/c1-11(2)18-9-13-5-4-6-14(17)16(13)19-8-7-12(3)15(20)10-19/h4-6,11-12,15,18,20H,7-10H2,1-3H3. The maximum absolute atomic E-state index is 10.1. The quantitative estimate of drug-likeness (QED) is 0.896. The third kappa shape index (κ3) is 3.66. The number of anilines is 1. The largest absolute Gasteiger partial charge is 0.391 e. The summed E-state index contributed by atoms with van der Waals surface area (Å²) in [7, 11) is 0. The summed E-state index contributed by atoms with van der Waals surface area (Å²) in [5.74, 6) is 0.367. The molecule has 0 spiro atoms. The van der Waals surface area contributed by atoms with Crippen LogP contribution in [0.4, 0.5) is 5.69 Å². The highest BCUT2D eigenvalue weighted by Crippen LogP contribution is 2.33. The van der Waals surface area contributed by atoms with E-state index in [1.807, 2.05) is 12.1 Å². The van der Waals surface area contributed by atoms with Gasteiger partial charge in [-0.2, -0.15) is 0 Å². The monoisotopic (exact) mass is 296 g/mol. The van der Waals surface area contributed by atoms with E-state index in [2.05, 4.69) is 37.1 Å². The minimum absolute atomic E-state index is 0.272. The molecule has 1 aliphatic rings. The molecule has 1 fully saturated rings. The Bertz CT molecular complexity index is 450. The Morgan fingerprint density at radius 2 is 2.20 bits per heavy atom. The molecule has 1 aliphatic heterocycles. The van der Waals surface area contributed by atoms with Crippen molar-refractivity contribution in [3.8, 4) is 0 Å². The number of nitrogens with zero attached hydrogens (tertiary/aromatic N) is 1. The maximum Gasteiger partial charge on any atom is 0.0741 e. The number of halogens is 1. The third-order valence-corrected chi connectivity index (χ3v) is 4.31. The first-order valence-electron chi connectivity index (χ1n) is 7.42. The number of rotatable bonds is 4. The minimum atomic E-state index is -0.272. The normalized spacial score (nSPS) is 23.4. The molecule has 1 heterocycles. The Hall–Kier alpha value is -0.770. The Morgan fingerprint density at radius 3 is 2.85 bits per heavy atom. The summed E-state index contributed by atoms with van der Waals surface area (Å²) in [6.45, 7) is 8.80. The Morgan fingerprint density at radius 1 is 1.45 bits per heavy atom. The van der Waals surface area contributed by atoms with E-state index in [1.54, 1.807) is 0 Å². The van der Waals surface area contributed by atoms with Gasteiger partial charge in [-0.3, -0.25) is 0 Å². The summed E-state index contributed by atoms with van der Waals surface area (Å²) >= 11 is 6.41. The van der Waals surface area contributed by atoms with E-state index in [9.17, 15) is 5.11 Å². The molecule has 1 aromatic rings. The maximum atomic E-state index is 10.1. The Labute approximate surface area is 126 Å². The number of para-hydroxylation sites is 1. The number of nitrogens with one attached hydrogen (secondary N) is 1. The summed E-state index contributed by atoms with van der Waals surface area (Å²) in [5, 5.41) is 14.3. The van der Waals surface area contributed by atoms with E-state index in [1.165, 1.54) is 5.56 Å². The molecule has 0 saturated carbocycles. The van der Waals surface area contributed by atoms with Gasteiger partial charge in [0.2, 0.25) is 0 Å². The fraction of sp³-hybridized carbons (Fsp3) is 0.625. The fourth-order valence-corrected chi connectivity index (χ4v) is 2.94. The molecule has 112 valence electrons. The molecule has 4 heteroatoms. The summed E-state index contributed by atoms with van der Waals surface area (Å²) in [5.41, 5.74) is 2.28. The molecule has 2 rings (SSSR count). The van der Waals surface area contributed by atoms with Crippen LogP contribution in [-0.2, 0) is 6.54 Å². The van der Waals surface area contributed by atoms with Crippen LogP contribution >= 0.6 is 11.6 Å². The summed E-state index contributed by atoms with van der Waals surface area (Å²) in [6, 6.07) is 6.47. The van der Waals surface area contributed by atoms with Crippen LogP contribution in [0, 0.1) is 5.92 Å². The second kappa shape index (κ2) is 6.79. The van der Waals surface area contributed by atoms with Gasteiger partial charge in [-0.1, -0.05) is 44.5 Å². The average Bonchev–Trinajstić information content (AvgIpc) is 2.40. The van der Waals surface area contributed by atoms with E-state index in [0.717, 1.165) is 30.2 Å². The predicted octanol–water partition coefficient (Wildman–Crippen LogP) is 3.05. The van der Waals surface area contributed by atoms with Gasteiger partial charge in [0.15, 0.2) is 0 Å². The summed E-state index contributed by atoms with van der Waals surface area (Å²) in [4.78, 5) is 2.23. The number of hydrogen-bond donors (Lipinski definition) is 2. The second-order valence-electron chi connectivity index (χ2n) is 6.06. The Balaban J connectivity index is 2.21. The molecule has 0 radical (unpaired) electrons. The molecule has 0 aromatic heterocycles. The van der Waals surface area contributed by atoms with Gasteiger partial charge in [0.25, 0.3) is 0 Å². The van der Waals surface area contributed by atoms with Crippen LogP contribution in [0.15, 0.2) is 18.2 Å². The lowest BCUT2D eigenvalue weighted by Crippen LogP contribution is -2.43. The summed E-state index contributed by atoms with van der Waals surface area (Å²) < 4.78 is 0. The lowest BCUT2D eigenvalue weighted by atomic mass is 9.95. The van der Waals surface area contributed by atoms with Crippen LogP contribution in [0.5, 0.6) is 0 Å². The minimum Gasteiger partial charge on any atom is -0.391 e. The van der Waals surface area contributed by atoms with Crippen LogP contribution in [-0.4, -0.2) is 30.3 Å². The topological polar surface area (TPSA) is 35.5 Å². The van der Waals surface area contributed by atoms with Gasteiger partial charge < -0.3 is 15.3 Å². The number of piperidine rings is 1. The molecule has 2 unspecified atom stereocenters. The number of aliphatic hydroxyl groups is 1. The van der Waals surface area contributed by atoms with Crippen molar-refractivity contribution in [2.75, 3.05) is 18.0 Å². The molecule has 0 bridgehead atoms. The fourth-order valence-electron chi connectivity index (χ4n) is 2.62. The SMILES string of the molecule is CC(C)NCc1cccc(Cl)c1N1CCC(C)C(O)C1. The predicted molar refractivity (Wildman–Crippen MR) is 85.4 cm³/mol. The van der Waals surface area contributed by atoms with E-state index < -0.39 is 0 Å². The molecule has 1 saturated heterocycles. The molecule has 20 heavy (non-hydrogen) atoms. The van der Waals surface area contributed by atoms with Gasteiger partial charge >= 0.3 is 0 Å². The number of hydrogen-bond acceptors (Lipinski definition) is 3. The molecule has 3 nitrogen and oxygen atoms in total. The Kier molecular flexibility index (Phi) is 5.30. The van der Waals surface area contributed by atoms with Crippen molar-refractivity contribution in [1.29, 1.82) is 0 Å². The van der Waals surface area contributed by atoms with Crippen molar-refractivity contribution in [3.63, 3.8) is 0 Å². The summed E-state index contributed by atoms with van der Waals surface area (Å²) in [6.07, 6.45) is 0.731. The average molecular weight is 297 g/mol. The number of β-amino-alcohol motifs (C(OH)–C–C–N with tert-alkyl or cyclic N) is 1. The van der Waals surface area contributed by atoms with Crippen molar-refractivity contribution in [1.82, 2.24) is 5.32 Å². The molecule has 2 atom stereocenters. The first kappa shape index (κ1) is 15.6. The zero-order valence-corrected chi connectivity index (χ0v) is 13.3. The van der Waals surface area contributed by atoms with E-state index in [4.69, 9.17) is 11.6 Å². The molecule has 0 aliphatic carbocycles. The van der Waals surface area contributed by atoms with Crippen molar-refractivity contribution in [3.05, 3.63) is 28.8 Å². The van der Waals surface area contributed by atoms with Gasteiger partial charge in [0, 0.05) is 25.7 Å². The molecule has 2 N–H and O–H groups in total. The highest BCUT2D eigenvalue weighted by atomic mass is 35.5. The molecular weight excluding hydrogens is 272 g/mol. The first-order valence-corrected chi connectivity index (χ1v) is 7.80. The van der Waals surface area contributed by atoms with Crippen molar-refractivity contribution >= 4 is 17.3 Å². The number of aliphatic hydroxyl groups excluding tert-OH is 1. The molecule has 1 aromatic carbocycles. The molecule has 0 amide bonds. The van der Waals surface area contributed by atoms with E-state index >= 15 is 0 Å². The zero-order valence-electron chi connectivity index (χ0n) is 12.6. The number of benzene rings is 1. The van der Waals surface area contributed by atoms with Crippen LogP contribution in [0.2, 0.25) is 5.02 Å². The third-order valence-electron chi connectivity index (χ3n) is 4.01. The van der Waals surface area contributed by atoms with Gasteiger partial charge in [0.05, 0.1) is 16.8 Å². The van der Waals surface area contributed by atoms with Crippen molar-refractivity contribution in [2.24, 2.45) is 5.92 Å². The van der Waals surface area contributed by atoms with Crippen molar-refractivity contribution < 1.29 is 5.11 Å². The van der Waals surface area contributed by atoms with E-state index in [0.29, 0.717) is 18.5 Å². The van der Waals surface area contributed by atoms with Gasteiger partial charge in [-0.05, 0) is 24.0 Å². The van der Waals surface area contributed by atoms with Crippen LogP contribution in [0.25, 0.3) is 0 Å². The van der Waals surface area contributed by atoms with E-state index in [-0.39, 0.29) is 6.10 Å². The van der Waals surface area contributed by atoms with Gasteiger partial charge in [0.1, 0.15) is 0 Å². The van der Waals surface area contributed by atoms with Crippen LogP contribution in [0.1, 0.15) is 32.8 Å². The van der Waals surface area contributed by atoms with Gasteiger partial charge in [-0.25, -0.2) is 0 Å². The first-order chi connectivity index (χ1) is 9.49. The van der Waals surface area contributed by atoms with Gasteiger partial charge in [-0.15, -0.1) is 0 Å². The molecular formula is C16H25ClN2O. The lowest BCUT2D eigenvalue weighted by molar-refractivity contribution is 0.103. The second-order valence-corrected chi connectivity index (χ2v) is 6.47. The lowest BCUT2D eigenvalue weighted by Gasteiger charge is -2.37. The van der Waals surface area contributed by atoms with Crippen LogP contribution < -0.4 is 10.2 Å². The van der Waals surface area contributed by atoms with Crippen molar-refractivity contribution in [2.45, 2.75) is 45.9 Å². The highest BCUT2D eigenvalue weighted by Gasteiger charge is 2.26. The van der Waals surface area contributed by atoms with Crippen LogP contribution in [0.3, 0.4) is 0 Å². The zero-order chi connectivity index (χ0) is 14.7.